The Morgan fingerprint density at radius 2 is 1.66 bits per heavy atom. The minimum atomic E-state index is -1.51. The number of benzene rings is 2. The van der Waals surface area contributed by atoms with Gasteiger partial charge in [0.15, 0.2) is 0 Å². The fourth-order valence-corrected chi connectivity index (χ4v) is 5.44. The van der Waals surface area contributed by atoms with Crippen LogP contribution in [-0.2, 0) is 22.4 Å². The molecule has 0 saturated carbocycles. The van der Waals surface area contributed by atoms with Crippen LogP contribution in [0.15, 0.2) is 36.4 Å². The number of phenols is 1. The summed E-state index contributed by atoms with van der Waals surface area (Å²) in [7, 11) is 0. The van der Waals surface area contributed by atoms with Crippen LogP contribution in [0.4, 0.5) is 0 Å². The first-order valence-corrected chi connectivity index (χ1v) is 13.7. The highest BCUT2D eigenvalue weighted by Crippen LogP contribution is 2.38. The van der Waals surface area contributed by atoms with Gasteiger partial charge in [0.05, 0.1) is 6.61 Å². The molecule has 4 rings (SSSR count). The molecule has 0 radical (unpaired) electrons. The minimum Gasteiger partial charge on any atom is -0.508 e. The number of aryl methyl sites for hydroxylation is 2. The van der Waals surface area contributed by atoms with Gasteiger partial charge in [-0.25, -0.2) is 0 Å². The van der Waals surface area contributed by atoms with Gasteiger partial charge in [-0.1, -0.05) is 31.2 Å². The largest absolute Gasteiger partial charge is 0.508 e. The smallest absolute Gasteiger partial charge is 0.222 e. The van der Waals surface area contributed by atoms with Crippen molar-refractivity contribution in [2.24, 2.45) is 5.92 Å². The normalized spacial score (nSPS) is 26.5. The molecule has 1 amide bonds. The third-order valence-electron chi connectivity index (χ3n) is 8.09. The van der Waals surface area contributed by atoms with Gasteiger partial charge in [-0.05, 0) is 79.3 Å². The summed E-state index contributed by atoms with van der Waals surface area (Å²) in [5.74, 6) is 0.883. The molecule has 208 valence electrons. The van der Waals surface area contributed by atoms with E-state index in [1.165, 1.54) is 5.56 Å². The Kier molecular flexibility index (Phi) is 9.44. The molecule has 2 heterocycles. The molecule has 2 aliphatic rings. The van der Waals surface area contributed by atoms with Crippen LogP contribution in [0, 0.1) is 12.8 Å². The molecule has 2 aliphatic heterocycles. The fraction of sp³-hybridized carbons (Fsp3) is 0.567. The van der Waals surface area contributed by atoms with Crippen molar-refractivity contribution in [3.63, 3.8) is 0 Å². The van der Waals surface area contributed by atoms with Crippen LogP contribution < -0.4 is 0 Å². The number of likely N-dealkylation sites (tertiary alicyclic amines) is 1. The molecule has 5 N–H and O–H groups in total. The number of ether oxygens (including phenoxy) is 1. The number of carbonyl (C=O) groups excluding carboxylic acids is 1. The minimum absolute atomic E-state index is 0.0838. The number of hydrogen-bond donors (Lipinski definition) is 5. The van der Waals surface area contributed by atoms with E-state index in [4.69, 9.17) is 4.74 Å². The quantitative estimate of drug-likeness (QED) is 0.356. The molecule has 8 heteroatoms. The molecule has 2 saturated heterocycles. The number of nitrogens with zero attached hydrogens (tertiary/aromatic N) is 1. The third kappa shape index (κ3) is 6.55. The molecule has 0 aliphatic carbocycles. The molecule has 2 aromatic rings. The standard InChI is InChI=1S/C30H41NO7/c1-18-10-12-31(13-11-18)26(34)5-3-4-20-6-8-21(9-7-20)15-22-16-23(24(33)14-19(22)2)30-29(37)28(36)27(35)25(17-32)38-30/h6-9,14,16,18,25,27-30,32-33,35-37H,3-5,10-13,15,17H2,1-2H3/t25-,27-,28+,29-,30+/m1/s1. The second-order valence-corrected chi connectivity index (χ2v) is 11.0. The van der Waals surface area contributed by atoms with Gasteiger partial charge in [-0.2, -0.15) is 0 Å². The Balaban J connectivity index is 1.37. The lowest BCUT2D eigenvalue weighted by Crippen LogP contribution is -2.55. The number of hydrogen-bond acceptors (Lipinski definition) is 7. The van der Waals surface area contributed by atoms with Crippen LogP contribution in [0.3, 0.4) is 0 Å². The number of carbonyl (C=O) groups is 1. The summed E-state index contributed by atoms with van der Waals surface area (Å²) in [5.41, 5.74) is 4.33. The van der Waals surface area contributed by atoms with Crippen molar-refractivity contribution in [3.05, 3.63) is 64.2 Å². The highest BCUT2D eigenvalue weighted by atomic mass is 16.5. The molecule has 5 atom stereocenters. The van der Waals surface area contributed by atoms with E-state index < -0.39 is 37.1 Å². The summed E-state index contributed by atoms with van der Waals surface area (Å²) >= 11 is 0. The Labute approximate surface area is 224 Å². The summed E-state index contributed by atoms with van der Waals surface area (Å²) in [6, 6.07) is 11.6. The molecule has 0 bridgehead atoms. The van der Waals surface area contributed by atoms with E-state index in [-0.39, 0.29) is 11.7 Å². The van der Waals surface area contributed by atoms with Crippen LogP contribution in [0.2, 0.25) is 0 Å². The molecule has 0 spiro atoms. The lowest BCUT2D eigenvalue weighted by Gasteiger charge is -2.40. The first-order valence-electron chi connectivity index (χ1n) is 13.7. The second-order valence-electron chi connectivity index (χ2n) is 11.0. The van der Waals surface area contributed by atoms with Crippen LogP contribution in [-0.4, -0.2) is 80.5 Å². The van der Waals surface area contributed by atoms with Crippen molar-refractivity contribution in [1.29, 1.82) is 0 Å². The molecular weight excluding hydrogens is 486 g/mol. The molecule has 38 heavy (non-hydrogen) atoms. The Hall–Kier alpha value is -2.49. The maximum Gasteiger partial charge on any atom is 0.222 e. The topological polar surface area (TPSA) is 131 Å². The van der Waals surface area contributed by atoms with E-state index in [2.05, 4.69) is 31.2 Å². The Morgan fingerprint density at radius 3 is 2.32 bits per heavy atom. The number of rotatable bonds is 8. The zero-order valence-electron chi connectivity index (χ0n) is 22.3. The molecule has 2 fully saturated rings. The van der Waals surface area contributed by atoms with Gasteiger partial charge >= 0.3 is 0 Å². The average Bonchev–Trinajstić information content (AvgIpc) is 2.90. The summed E-state index contributed by atoms with van der Waals surface area (Å²) < 4.78 is 5.66. The van der Waals surface area contributed by atoms with Gasteiger partial charge < -0.3 is 35.2 Å². The van der Waals surface area contributed by atoms with Crippen LogP contribution in [0.25, 0.3) is 0 Å². The Morgan fingerprint density at radius 1 is 1.00 bits per heavy atom. The van der Waals surface area contributed by atoms with Crippen molar-refractivity contribution < 1.29 is 35.1 Å². The number of amides is 1. The molecule has 2 aromatic carbocycles. The number of piperidine rings is 1. The van der Waals surface area contributed by atoms with Crippen molar-refractivity contribution in [1.82, 2.24) is 4.90 Å². The summed E-state index contributed by atoms with van der Waals surface area (Å²) in [4.78, 5) is 14.5. The molecule has 0 unspecified atom stereocenters. The van der Waals surface area contributed by atoms with E-state index in [9.17, 15) is 30.3 Å². The summed E-state index contributed by atoms with van der Waals surface area (Å²) in [6.07, 6.45) is -1.55. The monoisotopic (exact) mass is 527 g/mol. The highest BCUT2D eigenvalue weighted by Gasteiger charge is 2.44. The lowest BCUT2D eigenvalue weighted by molar-refractivity contribution is -0.232. The third-order valence-corrected chi connectivity index (χ3v) is 8.09. The SMILES string of the molecule is Cc1cc(O)c([C@@H]2O[C@H](CO)[C@@H](O)[C@H](O)[C@H]2O)cc1Cc1ccc(CCCC(=O)N2CCC(C)CC2)cc1. The first kappa shape index (κ1) is 28.5. The maximum absolute atomic E-state index is 12.5. The van der Waals surface area contributed by atoms with Crippen LogP contribution in [0.1, 0.15) is 66.5 Å². The number of aliphatic hydroxyl groups excluding tert-OH is 4. The van der Waals surface area contributed by atoms with Gasteiger partial charge in [0.1, 0.15) is 36.3 Å². The molecule has 8 nitrogen and oxygen atoms in total. The first-order chi connectivity index (χ1) is 18.2. The zero-order chi connectivity index (χ0) is 27.4. The molecule has 0 aromatic heterocycles. The Bertz CT molecular complexity index is 1080. The summed E-state index contributed by atoms with van der Waals surface area (Å²) in [5, 5.41) is 50.9. The highest BCUT2D eigenvalue weighted by molar-refractivity contribution is 5.76. The van der Waals surface area contributed by atoms with Crippen LogP contribution >= 0.6 is 0 Å². The van der Waals surface area contributed by atoms with Crippen LogP contribution in [0.5, 0.6) is 5.75 Å². The zero-order valence-corrected chi connectivity index (χ0v) is 22.3. The van der Waals surface area contributed by atoms with Gasteiger partial charge in [-0.3, -0.25) is 4.79 Å². The summed E-state index contributed by atoms with van der Waals surface area (Å²) in [6.45, 7) is 5.36. The van der Waals surface area contributed by atoms with Crippen molar-refractivity contribution in [2.45, 2.75) is 82.9 Å². The van der Waals surface area contributed by atoms with E-state index in [0.29, 0.717) is 24.3 Å². The predicted octanol–water partition coefficient (Wildman–Crippen LogP) is 2.39. The van der Waals surface area contributed by atoms with E-state index >= 15 is 0 Å². The van der Waals surface area contributed by atoms with Crippen molar-refractivity contribution in [3.8, 4) is 5.75 Å². The maximum atomic E-state index is 12.5. The number of phenolic OH excluding ortho intramolecular Hbond substituents is 1. The van der Waals surface area contributed by atoms with Gasteiger partial charge in [0.2, 0.25) is 5.91 Å². The van der Waals surface area contributed by atoms with Gasteiger partial charge in [0.25, 0.3) is 0 Å². The predicted molar refractivity (Wildman–Crippen MR) is 143 cm³/mol. The fourth-order valence-electron chi connectivity index (χ4n) is 5.44. The lowest BCUT2D eigenvalue weighted by atomic mass is 9.88. The van der Waals surface area contributed by atoms with Gasteiger partial charge in [0, 0.05) is 25.1 Å². The van der Waals surface area contributed by atoms with Gasteiger partial charge in [-0.15, -0.1) is 0 Å². The number of aliphatic hydroxyl groups is 4. The van der Waals surface area contributed by atoms with Crippen molar-refractivity contribution in [2.75, 3.05) is 19.7 Å². The van der Waals surface area contributed by atoms with E-state index in [1.54, 1.807) is 12.1 Å². The van der Waals surface area contributed by atoms with E-state index in [1.807, 2.05) is 11.8 Å². The van der Waals surface area contributed by atoms with Crippen molar-refractivity contribution >= 4 is 5.91 Å². The molecular formula is C30H41NO7. The second kappa shape index (κ2) is 12.6. The average molecular weight is 528 g/mol. The van der Waals surface area contributed by atoms with E-state index in [0.717, 1.165) is 55.5 Å². The number of aromatic hydroxyl groups is 1.